The molecular formula is C32H26N4O7. The number of hydrazone groups is 1. The highest BCUT2D eigenvalue weighted by Gasteiger charge is 2.13. The molecule has 2 N–H and O–H groups in total. The van der Waals surface area contributed by atoms with E-state index in [1.807, 2.05) is 13.0 Å². The second-order valence-electron chi connectivity index (χ2n) is 9.11. The maximum absolute atomic E-state index is 12.6. The van der Waals surface area contributed by atoms with Gasteiger partial charge in [0.15, 0.2) is 0 Å². The Balaban J connectivity index is 1.40. The van der Waals surface area contributed by atoms with Crippen molar-refractivity contribution in [3.8, 4) is 11.5 Å². The number of non-ortho nitro benzene ring substituents is 1. The summed E-state index contributed by atoms with van der Waals surface area (Å²) in [6.07, 6.45) is 3.89. The van der Waals surface area contributed by atoms with E-state index in [0.717, 1.165) is 23.4 Å². The topological polar surface area (TPSA) is 149 Å². The van der Waals surface area contributed by atoms with Crippen LogP contribution in [0.15, 0.2) is 102 Å². The number of ether oxygens (including phenoxy) is 2. The molecule has 0 bridgehead atoms. The van der Waals surface area contributed by atoms with Crippen LogP contribution >= 0.6 is 0 Å². The normalized spacial score (nSPS) is 10.8. The van der Waals surface area contributed by atoms with Gasteiger partial charge in [0, 0.05) is 40.6 Å². The Morgan fingerprint density at radius 2 is 1.63 bits per heavy atom. The summed E-state index contributed by atoms with van der Waals surface area (Å²) in [6, 6.07) is 23.9. The number of hydrogen-bond donors (Lipinski definition) is 2. The summed E-state index contributed by atoms with van der Waals surface area (Å²) in [7, 11) is 1.55. The van der Waals surface area contributed by atoms with Crippen molar-refractivity contribution in [1.29, 1.82) is 0 Å². The molecule has 0 aliphatic heterocycles. The molecule has 11 nitrogen and oxygen atoms in total. The first-order valence-corrected chi connectivity index (χ1v) is 12.9. The second kappa shape index (κ2) is 14.0. The van der Waals surface area contributed by atoms with Gasteiger partial charge in [-0.2, -0.15) is 5.10 Å². The quantitative estimate of drug-likeness (QED) is 0.0626. The number of amides is 2. The molecule has 2 amide bonds. The van der Waals surface area contributed by atoms with Crippen molar-refractivity contribution in [3.05, 3.63) is 135 Å². The first-order valence-electron chi connectivity index (χ1n) is 12.9. The van der Waals surface area contributed by atoms with Crippen molar-refractivity contribution in [3.63, 3.8) is 0 Å². The van der Waals surface area contributed by atoms with Gasteiger partial charge < -0.3 is 14.8 Å². The van der Waals surface area contributed by atoms with Crippen LogP contribution in [0.3, 0.4) is 0 Å². The van der Waals surface area contributed by atoms with E-state index in [1.165, 1.54) is 30.3 Å². The lowest BCUT2D eigenvalue weighted by molar-refractivity contribution is -0.384. The van der Waals surface area contributed by atoms with E-state index >= 15 is 0 Å². The zero-order valence-electron chi connectivity index (χ0n) is 23.1. The van der Waals surface area contributed by atoms with E-state index in [1.54, 1.807) is 67.8 Å². The standard InChI is InChI=1S/C32H26N4O7/c1-21-4-3-5-24(18-21)31(38)34-26-11-9-23(10-12-26)32(39)35-33-20-25-19-27(36(40)41)13-16-29(25)43-30(37)17-8-22-6-14-28(42-2)15-7-22/h3-20H,1-2H3,(H,34,38)(H,35,39)/b17-8+,33-20+. The summed E-state index contributed by atoms with van der Waals surface area (Å²) in [4.78, 5) is 48.2. The van der Waals surface area contributed by atoms with Crippen molar-refractivity contribution in [2.75, 3.05) is 12.4 Å². The highest BCUT2D eigenvalue weighted by atomic mass is 16.6. The van der Waals surface area contributed by atoms with Gasteiger partial charge in [-0.15, -0.1) is 0 Å². The predicted molar refractivity (Wildman–Crippen MR) is 161 cm³/mol. The van der Waals surface area contributed by atoms with Crippen LogP contribution < -0.4 is 20.2 Å². The van der Waals surface area contributed by atoms with Gasteiger partial charge in [0.25, 0.3) is 17.5 Å². The van der Waals surface area contributed by atoms with E-state index in [-0.39, 0.29) is 28.5 Å². The van der Waals surface area contributed by atoms with E-state index in [9.17, 15) is 24.5 Å². The molecule has 0 aliphatic rings. The zero-order chi connectivity index (χ0) is 30.8. The van der Waals surface area contributed by atoms with E-state index in [4.69, 9.17) is 9.47 Å². The molecule has 0 aliphatic carbocycles. The molecule has 0 saturated heterocycles. The number of anilines is 1. The molecule has 0 saturated carbocycles. The molecule has 4 aromatic carbocycles. The molecule has 11 heteroatoms. The summed E-state index contributed by atoms with van der Waals surface area (Å²) < 4.78 is 10.5. The Morgan fingerprint density at radius 1 is 0.884 bits per heavy atom. The lowest BCUT2D eigenvalue weighted by Crippen LogP contribution is -2.18. The zero-order valence-corrected chi connectivity index (χ0v) is 23.1. The SMILES string of the molecule is COc1ccc(/C=C/C(=O)Oc2ccc([N+](=O)[O-])cc2/C=N/NC(=O)c2ccc(NC(=O)c3cccc(C)c3)cc2)cc1. The maximum Gasteiger partial charge on any atom is 0.336 e. The van der Waals surface area contributed by atoms with Crippen molar-refractivity contribution >= 4 is 41.4 Å². The molecular weight excluding hydrogens is 552 g/mol. The van der Waals surface area contributed by atoms with Gasteiger partial charge in [0.05, 0.1) is 18.2 Å². The Labute approximate surface area is 246 Å². The number of rotatable bonds is 10. The molecule has 0 heterocycles. The number of nitrogens with zero attached hydrogens (tertiary/aromatic N) is 2. The number of benzene rings is 4. The number of nitrogens with one attached hydrogen (secondary N) is 2. The lowest BCUT2D eigenvalue weighted by Gasteiger charge is -2.07. The number of carbonyl (C=O) groups is 3. The fraction of sp³-hybridized carbons (Fsp3) is 0.0625. The largest absolute Gasteiger partial charge is 0.497 e. The summed E-state index contributed by atoms with van der Waals surface area (Å²) in [5.74, 6) is -0.907. The van der Waals surface area contributed by atoms with Crippen LogP contribution in [0.1, 0.15) is 37.4 Å². The highest BCUT2D eigenvalue weighted by Crippen LogP contribution is 2.23. The van der Waals surface area contributed by atoms with Crippen LogP contribution in [-0.4, -0.2) is 36.0 Å². The fourth-order valence-electron chi connectivity index (χ4n) is 3.78. The molecule has 0 fully saturated rings. The summed E-state index contributed by atoms with van der Waals surface area (Å²) >= 11 is 0. The van der Waals surface area contributed by atoms with Crippen LogP contribution in [0, 0.1) is 17.0 Å². The molecule has 43 heavy (non-hydrogen) atoms. The summed E-state index contributed by atoms with van der Waals surface area (Å²) in [5.41, 5.74) is 5.11. The average molecular weight is 579 g/mol. The predicted octanol–water partition coefficient (Wildman–Crippen LogP) is 5.55. The number of carbonyl (C=O) groups excluding carboxylic acids is 3. The van der Waals surface area contributed by atoms with Gasteiger partial charge in [-0.05, 0) is 73.2 Å². The Bertz CT molecular complexity index is 1710. The molecule has 216 valence electrons. The minimum atomic E-state index is -0.724. The van der Waals surface area contributed by atoms with Gasteiger partial charge in [-0.25, -0.2) is 10.2 Å². The smallest absolute Gasteiger partial charge is 0.336 e. The van der Waals surface area contributed by atoms with E-state index in [2.05, 4.69) is 15.8 Å². The van der Waals surface area contributed by atoms with Crippen LogP contribution in [-0.2, 0) is 4.79 Å². The Hall–Kier alpha value is -6.10. The third-order valence-electron chi connectivity index (χ3n) is 6.00. The molecule has 0 radical (unpaired) electrons. The minimum Gasteiger partial charge on any atom is -0.497 e. The van der Waals surface area contributed by atoms with Crippen molar-refractivity contribution in [2.24, 2.45) is 5.10 Å². The summed E-state index contributed by atoms with van der Waals surface area (Å²) in [5, 5.41) is 17.9. The molecule has 4 aromatic rings. The number of esters is 1. The molecule has 0 spiro atoms. The van der Waals surface area contributed by atoms with Gasteiger partial charge in [0.1, 0.15) is 11.5 Å². The minimum absolute atomic E-state index is 0.00156. The first kappa shape index (κ1) is 29.9. The molecule has 0 aromatic heterocycles. The van der Waals surface area contributed by atoms with Crippen LogP contribution in [0.5, 0.6) is 11.5 Å². The van der Waals surface area contributed by atoms with E-state index in [0.29, 0.717) is 17.0 Å². The highest BCUT2D eigenvalue weighted by molar-refractivity contribution is 6.04. The van der Waals surface area contributed by atoms with Crippen molar-refractivity contribution in [1.82, 2.24) is 5.43 Å². The van der Waals surface area contributed by atoms with Gasteiger partial charge in [-0.1, -0.05) is 29.8 Å². The third-order valence-corrected chi connectivity index (χ3v) is 6.00. The summed E-state index contributed by atoms with van der Waals surface area (Å²) in [6.45, 7) is 1.89. The lowest BCUT2D eigenvalue weighted by atomic mass is 10.1. The van der Waals surface area contributed by atoms with Crippen molar-refractivity contribution < 1.29 is 28.8 Å². The monoisotopic (exact) mass is 578 g/mol. The Kier molecular flexibility index (Phi) is 9.72. The van der Waals surface area contributed by atoms with Gasteiger partial charge in [-0.3, -0.25) is 19.7 Å². The second-order valence-corrected chi connectivity index (χ2v) is 9.11. The van der Waals surface area contributed by atoms with Gasteiger partial charge in [0.2, 0.25) is 0 Å². The third kappa shape index (κ3) is 8.44. The molecule has 0 atom stereocenters. The molecule has 4 rings (SSSR count). The maximum atomic E-state index is 12.6. The number of methoxy groups -OCH3 is 1. The van der Waals surface area contributed by atoms with Crippen LogP contribution in [0.4, 0.5) is 11.4 Å². The number of nitro groups is 1. The van der Waals surface area contributed by atoms with Crippen LogP contribution in [0.2, 0.25) is 0 Å². The number of aryl methyl sites for hydroxylation is 1. The van der Waals surface area contributed by atoms with Gasteiger partial charge >= 0.3 is 5.97 Å². The first-order chi connectivity index (χ1) is 20.7. The average Bonchev–Trinajstić information content (AvgIpc) is 3.01. The number of hydrogen-bond acceptors (Lipinski definition) is 8. The number of nitro benzene ring substituents is 1. The molecule has 0 unspecified atom stereocenters. The van der Waals surface area contributed by atoms with Crippen molar-refractivity contribution in [2.45, 2.75) is 6.92 Å². The van der Waals surface area contributed by atoms with E-state index < -0.39 is 16.8 Å². The fourth-order valence-corrected chi connectivity index (χ4v) is 3.78. The Morgan fingerprint density at radius 3 is 2.30 bits per heavy atom. The van der Waals surface area contributed by atoms with Crippen LogP contribution in [0.25, 0.3) is 6.08 Å².